The predicted molar refractivity (Wildman–Crippen MR) is 140 cm³/mol. The third kappa shape index (κ3) is 4.75. The Kier molecular flexibility index (Phi) is 6.35. The molecule has 0 radical (unpaired) electrons. The summed E-state index contributed by atoms with van der Waals surface area (Å²) in [5.41, 5.74) is 2.95. The molecule has 0 aliphatic rings. The van der Waals surface area contributed by atoms with Gasteiger partial charge in [0.1, 0.15) is 28.7 Å². The van der Waals surface area contributed by atoms with Crippen molar-refractivity contribution in [3.8, 4) is 28.6 Å². The van der Waals surface area contributed by atoms with E-state index in [1.54, 1.807) is 66.6 Å². The van der Waals surface area contributed by atoms with Gasteiger partial charge in [-0.25, -0.2) is 14.6 Å². The Bertz CT molecular complexity index is 1580. The molecule has 1 N–H and O–H groups in total. The zero-order chi connectivity index (χ0) is 26.1. The summed E-state index contributed by atoms with van der Waals surface area (Å²) in [5.74, 6) is 2.72. The van der Waals surface area contributed by atoms with Crippen LogP contribution in [0.25, 0.3) is 22.3 Å². The van der Waals surface area contributed by atoms with Gasteiger partial charge in [0.2, 0.25) is 5.88 Å². The smallest absolute Gasteiger partial charge is 0.256 e. The van der Waals surface area contributed by atoms with Crippen LogP contribution >= 0.6 is 0 Å². The zero-order valence-electron chi connectivity index (χ0n) is 21.3. The number of amides is 1. The molecule has 5 aromatic rings. The normalized spacial score (nSPS) is 11.2. The van der Waals surface area contributed by atoms with E-state index in [1.807, 2.05) is 33.8 Å². The minimum atomic E-state index is -0.331. The first-order valence-corrected chi connectivity index (χ1v) is 11.9. The number of aryl methyl sites for hydroxylation is 2. The Morgan fingerprint density at radius 2 is 1.84 bits per heavy atom. The summed E-state index contributed by atoms with van der Waals surface area (Å²) in [5, 5.41) is 8.11. The van der Waals surface area contributed by atoms with Crippen molar-refractivity contribution in [3.05, 3.63) is 78.0 Å². The second-order valence-electron chi connectivity index (χ2n) is 8.89. The van der Waals surface area contributed by atoms with Crippen molar-refractivity contribution in [3.63, 3.8) is 0 Å². The summed E-state index contributed by atoms with van der Waals surface area (Å²) >= 11 is 0. The number of hydrogen-bond donors (Lipinski definition) is 1. The lowest BCUT2D eigenvalue weighted by Crippen LogP contribution is -2.14. The summed E-state index contributed by atoms with van der Waals surface area (Å²) in [4.78, 5) is 22.8. The van der Waals surface area contributed by atoms with Crippen LogP contribution < -0.4 is 14.8 Å². The van der Waals surface area contributed by atoms with E-state index >= 15 is 0 Å². The maximum Gasteiger partial charge on any atom is 0.256 e. The van der Waals surface area contributed by atoms with Gasteiger partial charge in [-0.1, -0.05) is 0 Å². The van der Waals surface area contributed by atoms with Crippen molar-refractivity contribution >= 4 is 22.6 Å². The lowest BCUT2D eigenvalue weighted by atomic mass is 10.1. The molecule has 1 aromatic carbocycles. The third-order valence-electron chi connectivity index (χ3n) is 5.91. The van der Waals surface area contributed by atoms with Gasteiger partial charge in [-0.3, -0.25) is 4.79 Å². The van der Waals surface area contributed by atoms with E-state index in [1.165, 1.54) is 0 Å². The number of anilines is 1. The molecule has 0 saturated carbocycles. The number of ether oxygens (including phenoxy) is 2. The van der Waals surface area contributed by atoms with Gasteiger partial charge in [0.15, 0.2) is 5.65 Å². The van der Waals surface area contributed by atoms with E-state index in [4.69, 9.17) is 18.9 Å². The number of aromatic nitrogens is 4. The lowest BCUT2D eigenvalue weighted by molar-refractivity contribution is 0.102. The van der Waals surface area contributed by atoms with E-state index in [-0.39, 0.29) is 17.8 Å². The van der Waals surface area contributed by atoms with Gasteiger partial charge in [0, 0.05) is 17.8 Å². The van der Waals surface area contributed by atoms with Gasteiger partial charge in [-0.15, -0.1) is 0 Å². The Morgan fingerprint density at radius 1 is 1.08 bits per heavy atom. The molecule has 9 heteroatoms. The molecular formula is C28H27N5O4. The molecule has 9 nitrogen and oxygen atoms in total. The Balaban J connectivity index is 1.53. The number of hydrogen-bond acceptors (Lipinski definition) is 7. The number of furan rings is 1. The molecule has 0 aliphatic carbocycles. The summed E-state index contributed by atoms with van der Waals surface area (Å²) in [6.07, 6.45) is 3.28. The van der Waals surface area contributed by atoms with Gasteiger partial charge in [-0.05, 0) is 76.2 Å². The molecule has 188 valence electrons. The fraction of sp³-hybridized carbons (Fsp3) is 0.214. The number of rotatable bonds is 7. The molecule has 0 fully saturated rings. The van der Waals surface area contributed by atoms with Gasteiger partial charge >= 0.3 is 0 Å². The maximum atomic E-state index is 13.7. The molecule has 5 rings (SSSR count). The fourth-order valence-corrected chi connectivity index (χ4v) is 4.12. The molecule has 0 saturated heterocycles. The van der Waals surface area contributed by atoms with Crippen molar-refractivity contribution < 1.29 is 18.7 Å². The summed E-state index contributed by atoms with van der Waals surface area (Å²) in [7, 11) is 1.60. The second-order valence-corrected chi connectivity index (χ2v) is 8.89. The molecular weight excluding hydrogens is 470 g/mol. The van der Waals surface area contributed by atoms with Crippen LogP contribution in [0.5, 0.6) is 17.4 Å². The molecule has 37 heavy (non-hydrogen) atoms. The lowest BCUT2D eigenvalue weighted by Gasteiger charge is -2.13. The first kappa shape index (κ1) is 24.1. The zero-order valence-corrected chi connectivity index (χ0v) is 21.3. The highest BCUT2D eigenvalue weighted by Gasteiger charge is 2.21. The van der Waals surface area contributed by atoms with Crippen LogP contribution in [0.15, 0.2) is 65.3 Å². The number of benzene rings is 1. The summed E-state index contributed by atoms with van der Waals surface area (Å²) < 4.78 is 18.7. The van der Waals surface area contributed by atoms with Crippen LogP contribution in [0.2, 0.25) is 0 Å². The van der Waals surface area contributed by atoms with Crippen LogP contribution in [0, 0.1) is 13.8 Å². The van der Waals surface area contributed by atoms with Crippen LogP contribution in [-0.2, 0) is 0 Å². The third-order valence-corrected chi connectivity index (χ3v) is 5.91. The molecule has 0 aliphatic heterocycles. The Morgan fingerprint density at radius 3 is 2.51 bits per heavy atom. The first-order valence-electron chi connectivity index (χ1n) is 11.9. The van der Waals surface area contributed by atoms with Crippen molar-refractivity contribution in [2.45, 2.75) is 33.7 Å². The van der Waals surface area contributed by atoms with Gasteiger partial charge in [-0.2, -0.15) is 5.10 Å². The number of pyridine rings is 2. The number of nitrogens with zero attached hydrogens (tertiary/aromatic N) is 4. The SMILES string of the molecule is COc1ccc(Oc2ncccc2NC(=O)c2cc(-c3cc(C)oc3C)nc3c2cnn3C(C)C)cc1. The first-order chi connectivity index (χ1) is 17.8. The molecule has 0 bridgehead atoms. The summed E-state index contributed by atoms with van der Waals surface area (Å²) in [6, 6.07) is 14.3. The van der Waals surface area contributed by atoms with Crippen molar-refractivity contribution in [2.24, 2.45) is 0 Å². The summed E-state index contributed by atoms with van der Waals surface area (Å²) in [6.45, 7) is 7.80. The van der Waals surface area contributed by atoms with E-state index in [0.717, 1.165) is 17.1 Å². The van der Waals surface area contributed by atoms with Crippen molar-refractivity contribution in [1.29, 1.82) is 0 Å². The van der Waals surface area contributed by atoms with Crippen molar-refractivity contribution in [2.75, 3.05) is 12.4 Å². The van der Waals surface area contributed by atoms with Crippen LogP contribution in [0.4, 0.5) is 5.69 Å². The van der Waals surface area contributed by atoms with Gasteiger partial charge in [0.25, 0.3) is 5.91 Å². The molecule has 4 aromatic heterocycles. The number of fused-ring (bicyclic) bond motifs is 1. The number of carbonyl (C=O) groups excluding carboxylic acids is 1. The Hall–Kier alpha value is -4.66. The standard InChI is InChI=1S/C28H27N5O4/c1-16(2)33-26-23(15-30-33)22(14-25(31-26)21-13-17(3)36-18(21)4)27(34)32-24-7-6-12-29-28(24)37-20-10-8-19(35-5)9-11-20/h6-16H,1-5H3,(H,32,34). The van der Waals surface area contributed by atoms with E-state index in [2.05, 4.69) is 15.4 Å². The molecule has 1 amide bonds. The largest absolute Gasteiger partial charge is 0.497 e. The Labute approximate surface area is 214 Å². The molecule has 0 spiro atoms. The number of methoxy groups -OCH3 is 1. The van der Waals surface area contributed by atoms with Crippen LogP contribution in [0.3, 0.4) is 0 Å². The van der Waals surface area contributed by atoms with Gasteiger partial charge in [0.05, 0.1) is 30.0 Å². The minimum absolute atomic E-state index is 0.0613. The van der Waals surface area contributed by atoms with Crippen molar-refractivity contribution in [1.82, 2.24) is 19.7 Å². The van der Waals surface area contributed by atoms with E-state index in [9.17, 15) is 4.79 Å². The molecule has 0 atom stereocenters. The van der Waals surface area contributed by atoms with E-state index in [0.29, 0.717) is 39.5 Å². The molecule has 0 unspecified atom stereocenters. The predicted octanol–water partition coefficient (Wildman–Crippen LogP) is 6.34. The highest BCUT2D eigenvalue weighted by atomic mass is 16.5. The minimum Gasteiger partial charge on any atom is -0.497 e. The average Bonchev–Trinajstić information content (AvgIpc) is 3.47. The molecule has 4 heterocycles. The van der Waals surface area contributed by atoms with Crippen LogP contribution in [-0.4, -0.2) is 32.8 Å². The number of carbonyl (C=O) groups is 1. The monoisotopic (exact) mass is 497 g/mol. The second kappa shape index (κ2) is 9.77. The maximum absolute atomic E-state index is 13.7. The topological polar surface area (TPSA) is 104 Å². The fourth-order valence-electron chi connectivity index (χ4n) is 4.12. The highest BCUT2D eigenvalue weighted by molar-refractivity contribution is 6.13. The number of nitrogens with one attached hydrogen (secondary N) is 1. The highest BCUT2D eigenvalue weighted by Crippen LogP contribution is 2.32. The van der Waals surface area contributed by atoms with E-state index < -0.39 is 0 Å². The van der Waals surface area contributed by atoms with Crippen LogP contribution in [0.1, 0.15) is 41.8 Å². The van der Waals surface area contributed by atoms with Gasteiger partial charge < -0.3 is 19.2 Å². The quantitative estimate of drug-likeness (QED) is 0.280. The average molecular weight is 498 g/mol.